The van der Waals surface area contributed by atoms with Crippen LogP contribution in [0.15, 0.2) is 18.3 Å². The number of pyridine rings is 1. The Bertz CT molecular complexity index is 244. The first-order chi connectivity index (χ1) is 5.00. The lowest BCUT2D eigenvalue weighted by Gasteiger charge is -1.91. The van der Waals surface area contributed by atoms with Gasteiger partial charge in [-0.3, -0.25) is 0 Å². The second-order valence-electron chi connectivity index (χ2n) is 1.48. The van der Waals surface area contributed by atoms with Crippen molar-refractivity contribution >= 4 is 11.6 Å². The maximum atomic E-state index is 8.83. The summed E-state index contributed by atoms with van der Waals surface area (Å²) in [5.41, 5.74) is 0.0990. The van der Waals surface area contributed by atoms with Crippen molar-refractivity contribution in [1.82, 2.24) is 4.98 Å². The Labute approximate surface area is 60.9 Å². The summed E-state index contributed by atoms with van der Waals surface area (Å²) >= 11 is 5.45. The number of rotatable bonds is 1. The quantitative estimate of drug-likeness (QED) is 0.603. The summed E-state index contributed by atoms with van der Waals surface area (Å²) in [6.07, 6.45) is 1.20. The Balaban J connectivity index is 2.99. The molecule has 1 N–H and O–H groups in total. The van der Waals surface area contributed by atoms with Gasteiger partial charge in [0, 0.05) is 6.20 Å². The Morgan fingerprint density at radius 3 is 3.00 bits per heavy atom. The van der Waals surface area contributed by atoms with Crippen LogP contribution in [-0.2, 0) is 6.56 Å². The molecule has 2 nitrogen and oxygen atoms in total. The number of aromatic nitrogens is 1. The molecule has 0 amide bonds. The molecule has 0 fully saturated rings. The fourth-order valence-corrected chi connectivity index (χ4v) is 0.554. The fourth-order valence-electron chi connectivity index (χ4n) is 0.442. The summed E-state index contributed by atoms with van der Waals surface area (Å²) in [6, 6.07) is 2.81. The van der Waals surface area contributed by atoms with E-state index in [-0.39, 0.29) is 10.7 Å². The molecule has 1 aromatic rings. The van der Waals surface area contributed by atoms with E-state index >= 15 is 0 Å². The molecule has 0 aromatic carbocycles. The molecule has 1 rings (SSSR count). The Kier molecular flexibility index (Phi) is 1.32. The predicted molar refractivity (Wildman–Crippen MR) is 35.2 cm³/mol. The van der Waals surface area contributed by atoms with Gasteiger partial charge in [-0.1, -0.05) is 17.7 Å². The average Bonchev–Trinajstić information content (AvgIpc) is 1.86. The third kappa shape index (κ3) is 1.66. The molecule has 9 heavy (non-hydrogen) atoms. The Hall–Kier alpha value is -0.600. The summed E-state index contributed by atoms with van der Waals surface area (Å²) in [5, 5.41) is 9.11. The van der Waals surface area contributed by atoms with Crippen LogP contribution >= 0.6 is 11.6 Å². The maximum absolute atomic E-state index is 8.83. The number of hydrogen-bond acceptors (Lipinski definition) is 2. The third-order valence-corrected chi connectivity index (χ3v) is 1.08. The van der Waals surface area contributed by atoms with E-state index in [1.807, 2.05) is 0 Å². The second-order valence-corrected chi connectivity index (χ2v) is 1.87. The zero-order chi connectivity index (χ0) is 8.48. The predicted octanol–water partition coefficient (Wildman–Crippen LogP) is 1.23. The molecule has 0 aliphatic heterocycles. The number of nitrogens with zero attached hydrogens (tertiary/aromatic N) is 1. The summed E-state index contributed by atoms with van der Waals surface area (Å²) in [6.45, 7) is -2.34. The molecule has 48 valence electrons. The Morgan fingerprint density at radius 2 is 2.56 bits per heavy atom. The van der Waals surface area contributed by atoms with Crippen molar-refractivity contribution < 1.29 is 7.85 Å². The van der Waals surface area contributed by atoms with E-state index < -0.39 is 6.56 Å². The van der Waals surface area contributed by atoms with Crippen LogP contribution in [0.5, 0.6) is 0 Å². The molecule has 0 aliphatic rings. The van der Waals surface area contributed by atoms with E-state index in [1.165, 1.54) is 18.3 Å². The molecular formula is C6H6ClNO. The monoisotopic (exact) mass is 145 g/mol. The molecular weight excluding hydrogens is 138 g/mol. The highest BCUT2D eigenvalue weighted by atomic mass is 35.5. The van der Waals surface area contributed by atoms with Crippen molar-refractivity contribution in [3.8, 4) is 0 Å². The topological polar surface area (TPSA) is 33.1 Å². The summed E-state index contributed by atoms with van der Waals surface area (Å²) < 4.78 is 13.8. The minimum atomic E-state index is -2.34. The lowest BCUT2D eigenvalue weighted by Crippen LogP contribution is -1.82. The SMILES string of the molecule is [2H]C([2H])(O)c1ccc(Cl)nc1. The van der Waals surface area contributed by atoms with Gasteiger partial charge in [0.2, 0.25) is 0 Å². The van der Waals surface area contributed by atoms with Gasteiger partial charge in [-0.15, -0.1) is 0 Å². The minimum Gasteiger partial charge on any atom is -0.392 e. The first-order valence-corrected chi connectivity index (χ1v) is 2.72. The van der Waals surface area contributed by atoms with Crippen molar-refractivity contribution in [1.29, 1.82) is 0 Å². The molecule has 1 heterocycles. The van der Waals surface area contributed by atoms with Crippen molar-refractivity contribution in [3.63, 3.8) is 0 Å². The van der Waals surface area contributed by atoms with Crippen LogP contribution in [0, 0.1) is 0 Å². The minimum absolute atomic E-state index is 0.0990. The van der Waals surface area contributed by atoms with E-state index in [2.05, 4.69) is 4.98 Å². The van der Waals surface area contributed by atoms with Gasteiger partial charge >= 0.3 is 0 Å². The highest BCUT2D eigenvalue weighted by Crippen LogP contribution is 2.04. The lowest BCUT2D eigenvalue weighted by atomic mass is 10.3. The van der Waals surface area contributed by atoms with E-state index in [0.717, 1.165) is 0 Å². The molecule has 0 bridgehead atoms. The normalized spacial score (nSPS) is 14.4. The number of aliphatic hydroxyl groups is 1. The van der Waals surface area contributed by atoms with Gasteiger partial charge in [-0.25, -0.2) is 4.98 Å². The van der Waals surface area contributed by atoms with Gasteiger partial charge in [0.25, 0.3) is 0 Å². The largest absolute Gasteiger partial charge is 0.392 e. The van der Waals surface area contributed by atoms with E-state index in [1.54, 1.807) is 0 Å². The summed E-state index contributed by atoms with van der Waals surface area (Å²) in [7, 11) is 0. The number of hydrogen-bond donors (Lipinski definition) is 1. The summed E-state index contributed by atoms with van der Waals surface area (Å²) in [5.74, 6) is 0. The maximum Gasteiger partial charge on any atom is 0.129 e. The highest BCUT2D eigenvalue weighted by molar-refractivity contribution is 6.29. The van der Waals surface area contributed by atoms with Crippen LogP contribution in [-0.4, -0.2) is 10.1 Å². The average molecular weight is 146 g/mol. The molecule has 0 unspecified atom stereocenters. The Morgan fingerprint density at radius 1 is 1.78 bits per heavy atom. The van der Waals surface area contributed by atoms with Crippen molar-refractivity contribution in [2.24, 2.45) is 0 Å². The van der Waals surface area contributed by atoms with Gasteiger partial charge < -0.3 is 5.11 Å². The molecule has 0 saturated heterocycles. The van der Waals surface area contributed by atoms with Gasteiger partial charge in [-0.05, 0) is 11.6 Å². The van der Waals surface area contributed by atoms with Crippen molar-refractivity contribution in [2.75, 3.05) is 0 Å². The molecule has 0 saturated carbocycles. The molecule has 0 radical (unpaired) electrons. The zero-order valence-corrected chi connectivity index (χ0v) is 5.26. The van der Waals surface area contributed by atoms with Crippen LogP contribution in [0.25, 0.3) is 0 Å². The standard InChI is InChI=1S/C6H6ClNO/c7-6-2-1-5(4-9)3-8-6/h1-3,9H,4H2/i4D2. The second kappa shape index (κ2) is 2.80. The van der Waals surface area contributed by atoms with Crippen LogP contribution < -0.4 is 0 Å². The van der Waals surface area contributed by atoms with Crippen LogP contribution in [0.2, 0.25) is 5.15 Å². The van der Waals surface area contributed by atoms with Crippen LogP contribution in [0.4, 0.5) is 0 Å². The zero-order valence-electron chi connectivity index (χ0n) is 6.50. The van der Waals surface area contributed by atoms with Gasteiger partial charge in [0.05, 0.1) is 9.30 Å². The van der Waals surface area contributed by atoms with Crippen LogP contribution in [0.1, 0.15) is 8.30 Å². The first kappa shape index (κ1) is 4.25. The lowest BCUT2D eigenvalue weighted by molar-refractivity contribution is 0.281. The summed E-state index contributed by atoms with van der Waals surface area (Å²) in [4.78, 5) is 3.61. The van der Waals surface area contributed by atoms with E-state index in [4.69, 9.17) is 19.4 Å². The van der Waals surface area contributed by atoms with Gasteiger partial charge in [-0.2, -0.15) is 0 Å². The molecule has 0 aliphatic carbocycles. The number of halogens is 1. The van der Waals surface area contributed by atoms with Gasteiger partial charge in [0.15, 0.2) is 0 Å². The van der Waals surface area contributed by atoms with E-state index in [9.17, 15) is 0 Å². The molecule has 0 spiro atoms. The fraction of sp³-hybridized carbons (Fsp3) is 0.167. The first-order valence-electron chi connectivity index (χ1n) is 3.34. The molecule has 0 atom stereocenters. The highest BCUT2D eigenvalue weighted by Gasteiger charge is 1.88. The van der Waals surface area contributed by atoms with Crippen LogP contribution in [0.3, 0.4) is 0 Å². The molecule has 1 aromatic heterocycles. The van der Waals surface area contributed by atoms with Crippen molar-refractivity contribution in [2.45, 2.75) is 6.56 Å². The van der Waals surface area contributed by atoms with Gasteiger partial charge in [0.1, 0.15) is 5.15 Å². The van der Waals surface area contributed by atoms with Crippen molar-refractivity contribution in [3.05, 3.63) is 29.0 Å². The third-order valence-electron chi connectivity index (χ3n) is 0.856. The smallest absolute Gasteiger partial charge is 0.129 e. The van der Waals surface area contributed by atoms with E-state index in [0.29, 0.717) is 0 Å². The molecule has 3 heteroatoms.